The SMILES string of the molecule is C[C@H]1CN(C)C(=O)c2cccc(NS(C)(=O)=O)c2O[C@H]1CN(C)C. The first-order valence-electron chi connectivity index (χ1n) is 7.76. The zero-order valence-corrected chi connectivity index (χ0v) is 15.6. The van der Waals surface area contributed by atoms with Gasteiger partial charge in [0.25, 0.3) is 5.91 Å². The lowest BCUT2D eigenvalue weighted by Gasteiger charge is -2.34. The fraction of sp³-hybridized carbons (Fsp3) is 0.562. The van der Waals surface area contributed by atoms with E-state index in [9.17, 15) is 13.2 Å². The maximum Gasteiger partial charge on any atom is 0.257 e. The molecule has 0 radical (unpaired) electrons. The van der Waals surface area contributed by atoms with E-state index in [1.165, 1.54) is 0 Å². The molecule has 1 aromatic carbocycles. The number of amides is 1. The molecule has 0 spiro atoms. The molecule has 1 aromatic rings. The number of rotatable bonds is 4. The van der Waals surface area contributed by atoms with Crippen molar-refractivity contribution in [2.75, 3.05) is 45.2 Å². The summed E-state index contributed by atoms with van der Waals surface area (Å²) >= 11 is 0. The van der Waals surface area contributed by atoms with Crippen LogP contribution in [0.5, 0.6) is 5.75 Å². The number of likely N-dealkylation sites (N-methyl/N-ethyl adjacent to an activating group) is 1. The number of nitrogens with one attached hydrogen (secondary N) is 1. The summed E-state index contributed by atoms with van der Waals surface area (Å²) in [5.74, 6) is 0.205. The Morgan fingerprint density at radius 2 is 2.04 bits per heavy atom. The fourth-order valence-corrected chi connectivity index (χ4v) is 3.36. The van der Waals surface area contributed by atoms with Crippen LogP contribution in [0.1, 0.15) is 17.3 Å². The second-order valence-electron chi connectivity index (χ2n) is 6.64. The number of carbonyl (C=O) groups excluding carboxylic acids is 1. The molecular formula is C16H25N3O4S. The molecule has 0 aliphatic carbocycles. The zero-order valence-electron chi connectivity index (χ0n) is 14.7. The minimum absolute atomic E-state index is 0.0980. The molecule has 1 heterocycles. The number of carbonyl (C=O) groups is 1. The van der Waals surface area contributed by atoms with E-state index in [4.69, 9.17) is 4.74 Å². The van der Waals surface area contributed by atoms with Crippen LogP contribution in [0, 0.1) is 5.92 Å². The normalized spacial score (nSPS) is 21.8. The Bertz CT molecular complexity index is 718. The van der Waals surface area contributed by atoms with Gasteiger partial charge in [0.2, 0.25) is 10.0 Å². The van der Waals surface area contributed by atoms with Gasteiger partial charge >= 0.3 is 0 Å². The first-order valence-corrected chi connectivity index (χ1v) is 9.65. The Kier molecular flexibility index (Phi) is 5.39. The number of anilines is 1. The molecule has 8 heteroatoms. The second-order valence-corrected chi connectivity index (χ2v) is 8.39. The van der Waals surface area contributed by atoms with Crippen molar-refractivity contribution in [3.05, 3.63) is 23.8 Å². The lowest BCUT2D eigenvalue weighted by molar-refractivity contribution is 0.0578. The minimum Gasteiger partial charge on any atom is -0.486 e. The van der Waals surface area contributed by atoms with E-state index >= 15 is 0 Å². The summed E-state index contributed by atoms with van der Waals surface area (Å²) in [5, 5.41) is 0. The molecular weight excluding hydrogens is 330 g/mol. The van der Waals surface area contributed by atoms with Crippen LogP contribution in [0.15, 0.2) is 18.2 Å². The Morgan fingerprint density at radius 3 is 2.62 bits per heavy atom. The maximum absolute atomic E-state index is 12.6. The standard InChI is InChI=1S/C16H25N3O4S/c1-11-9-19(4)16(20)12-7-6-8-13(17-24(5,21)22)15(12)23-14(11)10-18(2)3/h6-8,11,14,17H,9-10H2,1-5H3/t11-,14-/m0/s1. The molecule has 134 valence electrons. The number of ether oxygens (including phenoxy) is 1. The smallest absolute Gasteiger partial charge is 0.257 e. The number of para-hydroxylation sites is 1. The number of benzene rings is 1. The molecule has 0 unspecified atom stereocenters. The minimum atomic E-state index is -3.48. The van der Waals surface area contributed by atoms with Crippen LogP contribution in [-0.2, 0) is 10.0 Å². The summed E-state index contributed by atoms with van der Waals surface area (Å²) in [4.78, 5) is 16.3. The van der Waals surface area contributed by atoms with Gasteiger partial charge in [0.05, 0.1) is 17.5 Å². The zero-order chi connectivity index (χ0) is 18.1. The van der Waals surface area contributed by atoms with Gasteiger partial charge in [-0.3, -0.25) is 9.52 Å². The third-order valence-electron chi connectivity index (χ3n) is 3.90. The van der Waals surface area contributed by atoms with Crippen molar-refractivity contribution >= 4 is 21.6 Å². The van der Waals surface area contributed by atoms with Gasteiger partial charge in [0, 0.05) is 26.1 Å². The molecule has 7 nitrogen and oxygen atoms in total. The fourth-order valence-electron chi connectivity index (χ4n) is 2.80. The quantitative estimate of drug-likeness (QED) is 0.875. The van der Waals surface area contributed by atoms with E-state index in [-0.39, 0.29) is 29.4 Å². The van der Waals surface area contributed by atoms with Gasteiger partial charge in [-0.05, 0) is 26.2 Å². The number of hydrogen-bond acceptors (Lipinski definition) is 5. The van der Waals surface area contributed by atoms with E-state index in [0.29, 0.717) is 18.7 Å². The Labute approximate surface area is 143 Å². The van der Waals surface area contributed by atoms with E-state index in [1.807, 2.05) is 25.9 Å². The number of nitrogens with zero attached hydrogens (tertiary/aromatic N) is 2. The summed E-state index contributed by atoms with van der Waals surface area (Å²) in [6.07, 6.45) is 0.903. The van der Waals surface area contributed by atoms with Gasteiger partial charge in [0.15, 0.2) is 5.75 Å². The van der Waals surface area contributed by atoms with Crippen LogP contribution in [0.4, 0.5) is 5.69 Å². The molecule has 2 atom stereocenters. The van der Waals surface area contributed by atoms with Crippen LogP contribution < -0.4 is 9.46 Å². The number of hydrogen-bond donors (Lipinski definition) is 1. The van der Waals surface area contributed by atoms with Gasteiger partial charge in [0.1, 0.15) is 6.10 Å². The summed E-state index contributed by atoms with van der Waals surface area (Å²) in [7, 11) is 2.16. The summed E-state index contributed by atoms with van der Waals surface area (Å²) < 4.78 is 31.9. The van der Waals surface area contributed by atoms with Crippen LogP contribution in [-0.4, -0.2) is 70.7 Å². The number of sulfonamides is 1. The molecule has 2 rings (SSSR count). The Morgan fingerprint density at radius 1 is 1.38 bits per heavy atom. The predicted octanol–water partition coefficient (Wildman–Crippen LogP) is 1.09. The average Bonchev–Trinajstić information content (AvgIpc) is 2.44. The van der Waals surface area contributed by atoms with Crippen molar-refractivity contribution in [3.8, 4) is 5.75 Å². The molecule has 0 fully saturated rings. The van der Waals surface area contributed by atoms with Crippen molar-refractivity contribution in [3.63, 3.8) is 0 Å². The van der Waals surface area contributed by atoms with Gasteiger partial charge in [-0.1, -0.05) is 13.0 Å². The highest BCUT2D eigenvalue weighted by Gasteiger charge is 2.31. The highest BCUT2D eigenvalue weighted by atomic mass is 32.2. The third-order valence-corrected chi connectivity index (χ3v) is 4.49. The van der Waals surface area contributed by atoms with Crippen molar-refractivity contribution < 1.29 is 17.9 Å². The summed E-state index contributed by atoms with van der Waals surface area (Å²) in [6.45, 7) is 3.26. The first-order chi connectivity index (χ1) is 11.1. The van der Waals surface area contributed by atoms with E-state index in [0.717, 1.165) is 6.26 Å². The molecule has 0 bridgehead atoms. The molecule has 1 N–H and O–H groups in total. The largest absolute Gasteiger partial charge is 0.486 e. The third kappa shape index (κ3) is 4.39. The molecule has 0 aromatic heterocycles. The lowest BCUT2D eigenvalue weighted by atomic mass is 10.0. The highest BCUT2D eigenvalue weighted by molar-refractivity contribution is 7.92. The van der Waals surface area contributed by atoms with E-state index in [2.05, 4.69) is 4.72 Å². The number of fused-ring (bicyclic) bond motifs is 1. The molecule has 24 heavy (non-hydrogen) atoms. The lowest BCUT2D eigenvalue weighted by Crippen LogP contribution is -2.44. The summed E-state index contributed by atoms with van der Waals surface area (Å²) in [6, 6.07) is 4.91. The predicted molar refractivity (Wildman–Crippen MR) is 94.0 cm³/mol. The Balaban J connectivity index is 2.53. The van der Waals surface area contributed by atoms with Gasteiger partial charge < -0.3 is 14.5 Å². The molecule has 1 amide bonds. The van der Waals surface area contributed by atoms with Crippen LogP contribution in [0.2, 0.25) is 0 Å². The molecule has 1 aliphatic heterocycles. The van der Waals surface area contributed by atoms with E-state index < -0.39 is 10.0 Å². The van der Waals surface area contributed by atoms with Gasteiger partial charge in [-0.25, -0.2) is 8.42 Å². The van der Waals surface area contributed by atoms with Crippen molar-refractivity contribution in [1.82, 2.24) is 9.80 Å². The van der Waals surface area contributed by atoms with Crippen LogP contribution in [0.25, 0.3) is 0 Å². The van der Waals surface area contributed by atoms with Crippen molar-refractivity contribution in [1.29, 1.82) is 0 Å². The van der Waals surface area contributed by atoms with E-state index in [1.54, 1.807) is 30.1 Å². The molecule has 0 saturated carbocycles. The van der Waals surface area contributed by atoms with Crippen LogP contribution >= 0.6 is 0 Å². The highest BCUT2D eigenvalue weighted by Crippen LogP contribution is 2.34. The average molecular weight is 355 g/mol. The second kappa shape index (κ2) is 6.98. The topological polar surface area (TPSA) is 79.0 Å². The van der Waals surface area contributed by atoms with Crippen molar-refractivity contribution in [2.24, 2.45) is 5.92 Å². The molecule has 0 saturated heterocycles. The van der Waals surface area contributed by atoms with Gasteiger partial charge in [-0.2, -0.15) is 0 Å². The van der Waals surface area contributed by atoms with Crippen molar-refractivity contribution in [2.45, 2.75) is 13.0 Å². The monoisotopic (exact) mass is 355 g/mol. The van der Waals surface area contributed by atoms with Crippen LogP contribution in [0.3, 0.4) is 0 Å². The first kappa shape index (κ1) is 18.5. The Hall–Kier alpha value is -1.80. The van der Waals surface area contributed by atoms with Gasteiger partial charge in [-0.15, -0.1) is 0 Å². The molecule has 1 aliphatic rings. The maximum atomic E-state index is 12.6. The summed E-state index contributed by atoms with van der Waals surface area (Å²) in [5.41, 5.74) is 0.649.